The predicted molar refractivity (Wildman–Crippen MR) is 74.1 cm³/mol. The first kappa shape index (κ1) is 14.8. The Morgan fingerprint density at radius 2 is 2.05 bits per heavy atom. The molecule has 0 saturated carbocycles. The van der Waals surface area contributed by atoms with E-state index in [0.717, 1.165) is 5.69 Å². The van der Waals surface area contributed by atoms with E-state index in [1.807, 2.05) is 6.92 Å². The average Bonchev–Trinajstić information content (AvgIpc) is 2.91. The second-order valence-electron chi connectivity index (χ2n) is 4.94. The fraction of sp³-hybridized carbons (Fsp3) is 0.357. The Labute approximate surface area is 121 Å². The highest BCUT2D eigenvalue weighted by Crippen LogP contribution is 2.17. The van der Waals surface area contributed by atoms with Crippen molar-refractivity contribution in [3.8, 4) is 0 Å². The van der Waals surface area contributed by atoms with Gasteiger partial charge < -0.3 is 14.4 Å². The Morgan fingerprint density at radius 3 is 2.52 bits per heavy atom. The van der Waals surface area contributed by atoms with Crippen molar-refractivity contribution in [2.45, 2.75) is 20.4 Å². The summed E-state index contributed by atoms with van der Waals surface area (Å²) in [5, 5.41) is 13.1. The SMILES string of the molecule is Cc1cc(C(=O)N(C)Cc2cc(C(=O)O)c(C)o2)n(C)n1. The number of hydrogen-bond donors (Lipinski definition) is 1. The van der Waals surface area contributed by atoms with E-state index in [1.54, 1.807) is 27.1 Å². The molecule has 0 fully saturated rings. The van der Waals surface area contributed by atoms with Gasteiger partial charge in [-0.2, -0.15) is 5.10 Å². The summed E-state index contributed by atoms with van der Waals surface area (Å²) in [5.74, 6) is -0.489. The fourth-order valence-corrected chi connectivity index (χ4v) is 2.15. The third-order valence-corrected chi connectivity index (χ3v) is 3.16. The minimum atomic E-state index is -1.04. The van der Waals surface area contributed by atoms with Crippen LogP contribution in [0.3, 0.4) is 0 Å². The van der Waals surface area contributed by atoms with Crippen LogP contribution in [0.25, 0.3) is 0 Å². The zero-order valence-corrected chi connectivity index (χ0v) is 12.4. The molecule has 0 radical (unpaired) electrons. The second kappa shape index (κ2) is 5.43. The first-order valence-electron chi connectivity index (χ1n) is 6.38. The van der Waals surface area contributed by atoms with Crippen LogP contribution in [0.4, 0.5) is 0 Å². The summed E-state index contributed by atoms with van der Waals surface area (Å²) in [6, 6.07) is 3.14. The molecule has 0 aliphatic rings. The molecular formula is C14H17N3O4. The number of aryl methyl sites for hydroxylation is 3. The number of carboxylic acid groups (broad SMARTS) is 1. The average molecular weight is 291 g/mol. The van der Waals surface area contributed by atoms with E-state index >= 15 is 0 Å². The van der Waals surface area contributed by atoms with Crippen LogP contribution >= 0.6 is 0 Å². The van der Waals surface area contributed by atoms with Crippen LogP contribution in [0.1, 0.15) is 38.1 Å². The lowest BCUT2D eigenvalue weighted by Crippen LogP contribution is -2.27. The first-order valence-corrected chi connectivity index (χ1v) is 6.38. The minimum absolute atomic E-state index is 0.113. The summed E-state index contributed by atoms with van der Waals surface area (Å²) in [7, 11) is 3.33. The number of carbonyl (C=O) groups excluding carboxylic acids is 1. The molecular weight excluding hydrogens is 274 g/mol. The Morgan fingerprint density at radius 1 is 1.38 bits per heavy atom. The number of aromatic nitrogens is 2. The van der Waals surface area contributed by atoms with Crippen molar-refractivity contribution in [2.75, 3.05) is 7.05 Å². The third kappa shape index (κ3) is 2.96. The summed E-state index contributed by atoms with van der Waals surface area (Å²) in [4.78, 5) is 24.7. The highest BCUT2D eigenvalue weighted by Gasteiger charge is 2.20. The summed E-state index contributed by atoms with van der Waals surface area (Å²) in [6.45, 7) is 3.59. The van der Waals surface area contributed by atoms with Gasteiger partial charge in [0.15, 0.2) is 0 Å². The quantitative estimate of drug-likeness (QED) is 0.924. The Bertz CT molecular complexity index is 699. The van der Waals surface area contributed by atoms with Crippen LogP contribution in [-0.2, 0) is 13.6 Å². The molecule has 0 aromatic carbocycles. The molecule has 0 aliphatic heterocycles. The number of carboxylic acids is 1. The molecule has 2 aromatic rings. The molecule has 1 amide bonds. The first-order chi connectivity index (χ1) is 9.79. The molecule has 2 rings (SSSR count). The Balaban J connectivity index is 2.16. The van der Waals surface area contributed by atoms with Crippen molar-refractivity contribution in [1.82, 2.24) is 14.7 Å². The van der Waals surface area contributed by atoms with Gasteiger partial charge >= 0.3 is 5.97 Å². The minimum Gasteiger partial charge on any atom is -0.478 e. The van der Waals surface area contributed by atoms with E-state index in [2.05, 4.69) is 5.10 Å². The smallest absolute Gasteiger partial charge is 0.339 e. The summed E-state index contributed by atoms with van der Waals surface area (Å²) in [6.07, 6.45) is 0. The molecule has 0 bridgehead atoms. The van der Waals surface area contributed by atoms with Gasteiger partial charge in [-0.1, -0.05) is 0 Å². The standard InChI is InChI=1S/C14H17N3O4/c1-8-5-12(17(4)15-8)13(18)16(3)7-10-6-11(14(19)20)9(2)21-10/h5-6H,7H2,1-4H3,(H,19,20). The van der Waals surface area contributed by atoms with E-state index in [0.29, 0.717) is 17.2 Å². The number of rotatable bonds is 4. The number of hydrogen-bond acceptors (Lipinski definition) is 4. The molecule has 0 unspecified atom stereocenters. The van der Waals surface area contributed by atoms with Crippen LogP contribution in [0, 0.1) is 13.8 Å². The molecule has 7 heteroatoms. The van der Waals surface area contributed by atoms with Gasteiger partial charge in [-0.3, -0.25) is 9.48 Å². The van der Waals surface area contributed by atoms with Crippen LogP contribution in [0.15, 0.2) is 16.5 Å². The number of aromatic carboxylic acids is 1. The molecule has 1 N–H and O–H groups in total. The number of furan rings is 1. The van der Waals surface area contributed by atoms with Gasteiger partial charge in [-0.15, -0.1) is 0 Å². The van der Waals surface area contributed by atoms with Gasteiger partial charge in [0.2, 0.25) is 0 Å². The summed E-state index contributed by atoms with van der Waals surface area (Å²) < 4.78 is 6.89. The van der Waals surface area contributed by atoms with Crippen LogP contribution < -0.4 is 0 Å². The van der Waals surface area contributed by atoms with Gasteiger partial charge in [0.05, 0.1) is 12.2 Å². The Kier molecular flexibility index (Phi) is 3.84. The van der Waals surface area contributed by atoms with Gasteiger partial charge in [0, 0.05) is 14.1 Å². The molecule has 112 valence electrons. The number of amides is 1. The lowest BCUT2D eigenvalue weighted by molar-refractivity contribution is 0.0694. The van der Waals surface area contributed by atoms with Crippen molar-refractivity contribution < 1.29 is 19.1 Å². The van der Waals surface area contributed by atoms with Crippen molar-refractivity contribution in [3.63, 3.8) is 0 Å². The van der Waals surface area contributed by atoms with Crippen molar-refractivity contribution >= 4 is 11.9 Å². The molecule has 2 heterocycles. The zero-order valence-electron chi connectivity index (χ0n) is 12.4. The molecule has 7 nitrogen and oxygen atoms in total. The van der Waals surface area contributed by atoms with Gasteiger partial charge in [-0.05, 0) is 26.0 Å². The zero-order chi connectivity index (χ0) is 15.7. The molecule has 0 aliphatic carbocycles. The van der Waals surface area contributed by atoms with E-state index < -0.39 is 5.97 Å². The fourth-order valence-electron chi connectivity index (χ4n) is 2.15. The predicted octanol–water partition coefficient (Wildman–Crippen LogP) is 1.60. The highest BCUT2D eigenvalue weighted by atomic mass is 16.4. The monoisotopic (exact) mass is 291 g/mol. The van der Waals surface area contributed by atoms with E-state index in [-0.39, 0.29) is 18.0 Å². The van der Waals surface area contributed by atoms with Gasteiger partial charge in [0.1, 0.15) is 22.8 Å². The molecule has 0 spiro atoms. The van der Waals surface area contributed by atoms with Crippen molar-refractivity contribution in [1.29, 1.82) is 0 Å². The summed E-state index contributed by atoms with van der Waals surface area (Å²) in [5.41, 5.74) is 1.34. The van der Waals surface area contributed by atoms with Crippen LogP contribution in [-0.4, -0.2) is 38.7 Å². The lowest BCUT2D eigenvalue weighted by atomic mass is 10.2. The second-order valence-corrected chi connectivity index (χ2v) is 4.94. The topological polar surface area (TPSA) is 88.6 Å². The lowest BCUT2D eigenvalue weighted by Gasteiger charge is -2.15. The molecule has 21 heavy (non-hydrogen) atoms. The van der Waals surface area contributed by atoms with E-state index in [1.165, 1.54) is 15.6 Å². The normalized spacial score (nSPS) is 10.7. The van der Waals surface area contributed by atoms with E-state index in [4.69, 9.17) is 9.52 Å². The largest absolute Gasteiger partial charge is 0.478 e. The third-order valence-electron chi connectivity index (χ3n) is 3.16. The molecule has 0 atom stereocenters. The maximum Gasteiger partial charge on any atom is 0.339 e. The van der Waals surface area contributed by atoms with Crippen LogP contribution in [0.2, 0.25) is 0 Å². The van der Waals surface area contributed by atoms with Crippen LogP contribution in [0.5, 0.6) is 0 Å². The maximum absolute atomic E-state index is 12.3. The molecule has 2 aromatic heterocycles. The number of carbonyl (C=O) groups is 2. The number of nitrogens with zero attached hydrogens (tertiary/aromatic N) is 3. The Hall–Kier alpha value is -2.57. The maximum atomic E-state index is 12.3. The van der Waals surface area contributed by atoms with Gasteiger partial charge in [0.25, 0.3) is 5.91 Å². The van der Waals surface area contributed by atoms with Gasteiger partial charge in [-0.25, -0.2) is 4.79 Å². The van der Waals surface area contributed by atoms with Crippen molar-refractivity contribution in [3.05, 3.63) is 40.6 Å². The molecule has 0 saturated heterocycles. The highest BCUT2D eigenvalue weighted by molar-refractivity contribution is 5.92. The van der Waals surface area contributed by atoms with Crippen molar-refractivity contribution in [2.24, 2.45) is 7.05 Å². The summed E-state index contributed by atoms with van der Waals surface area (Å²) >= 11 is 0. The van der Waals surface area contributed by atoms with E-state index in [9.17, 15) is 9.59 Å².